The predicted octanol–water partition coefficient (Wildman–Crippen LogP) is -1.22. The van der Waals surface area contributed by atoms with Gasteiger partial charge >= 0.3 is 29.6 Å². The number of rotatable bonds is 4. The van der Waals surface area contributed by atoms with Gasteiger partial charge in [0.05, 0.1) is 21.4 Å². The zero-order valence-corrected chi connectivity index (χ0v) is 19.0. The summed E-state index contributed by atoms with van der Waals surface area (Å²) in [6.07, 6.45) is 0. The molecule has 0 unspecified atom stereocenters. The number of hydrogen-bond donors (Lipinski definition) is 1. The molecule has 0 saturated carbocycles. The van der Waals surface area contributed by atoms with Crippen LogP contribution in [0.3, 0.4) is 0 Å². The van der Waals surface area contributed by atoms with Crippen molar-refractivity contribution in [3.63, 3.8) is 0 Å². The molecule has 0 fully saturated rings. The molecule has 100 valence electrons. The summed E-state index contributed by atoms with van der Waals surface area (Å²) in [6, 6.07) is 3.70. The minimum atomic E-state index is -4.30. The van der Waals surface area contributed by atoms with E-state index >= 15 is 0 Å². The van der Waals surface area contributed by atoms with Crippen molar-refractivity contribution in [3.05, 3.63) is 28.4 Å². The minimum absolute atomic E-state index is 0. The van der Waals surface area contributed by atoms with Crippen LogP contribution in [0.5, 0.6) is 0 Å². The van der Waals surface area contributed by atoms with Gasteiger partial charge in [-0.3, -0.25) is 4.79 Å². The van der Waals surface area contributed by atoms with Gasteiger partial charge in [0.25, 0.3) is 5.91 Å². The maximum Gasteiger partial charge on any atom is 1.00 e. The number of carbonyl (C=O) groups excluding carboxylic acids is 1. The summed E-state index contributed by atoms with van der Waals surface area (Å²) >= 11 is 6.24. The third-order valence-electron chi connectivity index (χ3n) is 1.87. The zero-order chi connectivity index (χ0) is 13.9. The molecule has 10 heteroatoms. The maximum absolute atomic E-state index is 11.9. The fourth-order valence-electron chi connectivity index (χ4n) is 1.14. The normalized spacial score (nSPS) is 10.7. The van der Waals surface area contributed by atoms with Gasteiger partial charge in [0.2, 0.25) is 0 Å². The maximum atomic E-state index is 11.9. The summed E-state index contributed by atoms with van der Waals surface area (Å²) in [7, 11) is -4.30. The van der Waals surface area contributed by atoms with E-state index in [0.29, 0.717) is 5.56 Å². The van der Waals surface area contributed by atoms with Crippen LogP contribution in [0.25, 0.3) is 0 Å². The van der Waals surface area contributed by atoms with E-state index in [1.54, 1.807) is 0 Å². The molecular formula is C9H7I3NNaO4S. The van der Waals surface area contributed by atoms with E-state index in [1.165, 1.54) is 0 Å². The van der Waals surface area contributed by atoms with Crippen molar-refractivity contribution in [2.24, 2.45) is 0 Å². The minimum Gasteiger partial charge on any atom is -0.748 e. The van der Waals surface area contributed by atoms with Crippen LogP contribution in [0, 0.1) is 10.7 Å². The smallest absolute Gasteiger partial charge is 0.748 e. The second kappa shape index (κ2) is 9.05. The molecular weight excluding hydrogens is 622 g/mol. The largest absolute Gasteiger partial charge is 1.00 e. The van der Waals surface area contributed by atoms with Crippen LogP contribution in [-0.4, -0.2) is 31.2 Å². The summed E-state index contributed by atoms with van der Waals surface area (Å²) in [6.45, 7) is -0.178. The van der Waals surface area contributed by atoms with Gasteiger partial charge in [-0.05, 0) is 79.9 Å². The second-order valence-electron chi connectivity index (χ2n) is 3.26. The fraction of sp³-hybridized carbons (Fsp3) is 0.222. The molecule has 0 aliphatic heterocycles. The van der Waals surface area contributed by atoms with E-state index in [2.05, 4.69) is 27.9 Å². The molecule has 0 aromatic heterocycles. The van der Waals surface area contributed by atoms with Gasteiger partial charge in [0.1, 0.15) is 0 Å². The molecule has 0 radical (unpaired) electrons. The molecule has 0 atom stereocenters. The van der Waals surface area contributed by atoms with Gasteiger partial charge in [-0.15, -0.1) is 0 Å². The first-order chi connectivity index (χ1) is 8.20. The molecule has 0 heterocycles. The summed E-state index contributed by atoms with van der Waals surface area (Å²) in [5.41, 5.74) is 0.500. The first-order valence-corrected chi connectivity index (χ1v) is 9.38. The first-order valence-electron chi connectivity index (χ1n) is 4.57. The van der Waals surface area contributed by atoms with Gasteiger partial charge in [0.15, 0.2) is 0 Å². The van der Waals surface area contributed by atoms with Gasteiger partial charge in [-0.2, -0.15) is 0 Å². The van der Waals surface area contributed by atoms with E-state index < -0.39 is 15.9 Å². The molecule has 0 bridgehead atoms. The quantitative estimate of drug-likeness (QED) is 0.258. The predicted molar refractivity (Wildman–Crippen MR) is 91.5 cm³/mol. The van der Waals surface area contributed by atoms with Crippen molar-refractivity contribution in [2.75, 3.05) is 12.3 Å². The molecule has 0 saturated heterocycles. The number of carbonyl (C=O) groups is 1. The first kappa shape index (κ1) is 20.8. The third-order valence-corrected chi connectivity index (χ3v) is 4.90. The fourth-order valence-corrected chi connectivity index (χ4v) is 5.56. The Bertz CT molecular complexity index is 556. The molecule has 1 rings (SSSR count). The number of nitrogens with one attached hydrogen (secondary N) is 1. The molecule has 1 N–H and O–H groups in total. The summed E-state index contributed by atoms with van der Waals surface area (Å²) in [4.78, 5) is 11.9. The zero-order valence-electron chi connectivity index (χ0n) is 9.74. The van der Waals surface area contributed by atoms with E-state index in [4.69, 9.17) is 0 Å². The monoisotopic (exact) mass is 629 g/mol. The Kier molecular flexibility index (Phi) is 9.90. The van der Waals surface area contributed by atoms with Crippen LogP contribution in [0.15, 0.2) is 12.1 Å². The van der Waals surface area contributed by atoms with Crippen LogP contribution in [0.1, 0.15) is 10.4 Å². The standard InChI is InChI=1S/C9H8I3NO4S.Na/c10-5-3-6(11)8(7(12)4-5)9(14)13-1-2-18(15,16)17;/h3-4H,1-2H2,(H,13,14)(H,15,16,17);/q;+1/p-1. The molecule has 1 amide bonds. The number of halogens is 3. The van der Waals surface area contributed by atoms with Gasteiger partial charge < -0.3 is 9.87 Å². The Morgan fingerprint density at radius 2 is 1.68 bits per heavy atom. The van der Waals surface area contributed by atoms with Crippen LogP contribution >= 0.6 is 67.8 Å². The Morgan fingerprint density at radius 1 is 1.21 bits per heavy atom. The Morgan fingerprint density at radius 3 is 2.11 bits per heavy atom. The molecule has 1 aromatic carbocycles. The molecule has 0 spiro atoms. The molecule has 19 heavy (non-hydrogen) atoms. The van der Waals surface area contributed by atoms with Crippen molar-refractivity contribution in [3.8, 4) is 0 Å². The van der Waals surface area contributed by atoms with Crippen molar-refractivity contribution in [1.82, 2.24) is 5.32 Å². The molecule has 5 nitrogen and oxygen atoms in total. The summed E-state index contributed by atoms with van der Waals surface area (Å²) < 4.78 is 33.8. The van der Waals surface area contributed by atoms with E-state index in [-0.39, 0.29) is 42.0 Å². The average molecular weight is 629 g/mol. The van der Waals surface area contributed by atoms with E-state index in [9.17, 15) is 17.8 Å². The van der Waals surface area contributed by atoms with Crippen LogP contribution in [0.2, 0.25) is 0 Å². The van der Waals surface area contributed by atoms with Crippen molar-refractivity contribution in [1.29, 1.82) is 0 Å². The molecule has 0 aliphatic carbocycles. The third kappa shape index (κ3) is 7.56. The number of amides is 1. The molecule has 0 aliphatic rings. The second-order valence-corrected chi connectivity index (χ2v) is 8.36. The average Bonchev–Trinajstić information content (AvgIpc) is 2.13. The van der Waals surface area contributed by atoms with Gasteiger partial charge in [-0.1, -0.05) is 0 Å². The van der Waals surface area contributed by atoms with E-state index in [1.807, 2.05) is 57.3 Å². The number of hydrogen-bond acceptors (Lipinski definition) is 4. The van der Waals surface area contributed by atoms with Gasteiger partial charge in [0, 0.05) is 17.3 Å². The number of benzene rings is 1. The van der Waals surface area contributed by atoms with Crippen molar-refractivity contribution < 1.29 is 47.3 Å². The SMILES string of the molecule is O=C(NCCS(=O)(=O)[O-])c1c(I)cc(I)cc1I.[Na+]. The van der Waals surface area contributed by atoms with Crippen LogP contribution in [-0.2, 0) is 10.1 Å². The Hall–Kier alpha value is 1.79. The van der Waals surface area contributed by atoms with Crippen LogP contribution in [0.4, 0.5) is 0 Å². The topological polar surface area (TPSA) is 86.3 Å². The summed E-state index contributed by atoms with van der Waals surface area (Å²) in [5.74, 6) is -0.972. The summed E-state index contributed by atoms with van der Waals surface area (Å²) in [5, 5.41) is 2.43. The van der Waals surface area contributed by atoms with Crippen molar-refractivity contribution in [2.45, 2.75) is 0 Å². The Labute approximate surface area is 174 Å². The van der Waals surface area contributed by atoms with E-state index in [0.717, 1.165) is 10.7 Å². The molecule has 1 aromatic rings. The van der Waals surface area contributed by atoms with Crippen molar-refractivity contribution >= 4 is 83.8 Å². The Balaban J connectivity index is 0.00000324. The van der Waals surface area contributed by atoms with Gasteiger partial charge in [-0.25, -0.2) is 8.42 Å². The van der Waals surface area contributed by atoms with Crippen LogP contribution < -0.4 is 34.9 Å².